The fraction of sp³-hybridized carbons (Fsp3) is 0.625. The van der Waals surface area contributed by atoms with E-state index in [0.29, 0.717) is 16.7 Å². The van der Waals surface area contributed by atoms with Crippen molar-refractivity contribution in [2.24, 2.45) is 21.9 Å². The van der Waals surface area contributed by atoms with E-state index in [1.54, 1.807) is 12.1 Å². The highest BCUT2D eigenvalue weighted by Gasteiger charge is 2.63. The first kappa shape index (κ1) is 16.5. The van der Waals surface area contributed by atoms with Crippen molar-refractivity contribution in [1.29, 1.82) is 0 Å². The normalized spacial score (nSPS) is 22.0. The predicted octanol–water partition coefficient (Wildman–Crippen LogP) is 2.67. The van der Waals surface area contributed by atoms with Crippen molar-refractivity contribution in [2.75, 3.05) is 6.54 Å². The van der Waals surface area contributed by atoms with Crippen LogP contribution in [0.3, 0.4) is 0 Å². The van der Waals surface area contributed by atoms with Crippen LogP contribution >= 0.6 is 0 Å². The molecule has 1 aromatic carbocycles. The van der Waals surface area contributed by atoms with E-state index < -0.39 is 10.0 Å². The van der Waals surface area contributed by atoms with Crippen LogP contribution < -0.4 is 10.5 Å². The van der Waals surface area contributed by atoms with Crippen molar-refractivity contribution >= 4 is 10.0 Å². The lowest BCUT2D eigenvalue weighted by Gasteiger charge is -2.16. The summed E-state index contributed by atoms with van der Waals surface area (Å²) >= 11 is 0. The van der Waals surface area contributed by atoms with E-state index in [-0.39, 0.29) is 10.9 Å². The molecule has 3 N–H and O–H groups in total. The summed E-state index contributed by atoms with van der Waals surface area (Å²) in [5.41, 5.74) is 1.64. The van der Waals surface area contributed by atoms with Gasteiger partial charge in [-0.05, 0) is 47.9 Å². The first-order chi connectivity index (χ1) is 9.48. The maximum absolute atomic E-state index is 11.4. The van der Waals surface area contributed by atoms with Gasteiger partial charge in [0, 0.05) is 6.04 Å². The molecular formula is C16H26N2O2S. The lowest BCUT2D eigenvalue weighted by Crippen LogP contribution is -2.23. The Balaban J connectivity index is 2.04. The lowest BCUT2D eigenvalue weighted by molar-refractivity contribution is 0.457. The number of rotatable bonds is 5. The highest BCUT2D eigenvalue weighted by atomic mass is 32.2. The largest absolute Gasteiger partial charge is 0.310 e. The second kappa shape index (κ2) is 5.07. The topological polar surface area (TPSA) is 72.2 Å². The van der Waals surface area contributed by atoms with Gasteiger partial charge in [-0.2, -0.15) is 0 Å². The van der Waals surface area contributed by atoms with Gasteiger partial charge in [0.15, 0.2) is 0 Å². The molecule has 0 spiro atoms. The predicted molar refractivity (Wildman–Crippen MR) is 85.3 cm³/mol. The standard InChI is InChI=1S/C16H26N2O2S/c1-11(18-10-14-15(2,3)16(14,4)5)12-7-6-8-13(9-12)21(17,19)20/h6-9,11,14,18H,10H2,1-5H3,(H2,17,19,20). The van der Waals surface area contributed by atoms with E-state index in [0.717, 1.165) is 12.1 Å². The molecule has 0 radical (unpaired) electrons. The molecule has 0 aliphatic heterocycles. The van der Waals surface area contributed by atoms with Gasteiger partial charge in [0.2, 0.25) is 10.0 Å². The molecule has 1 aromatic rings. The fourth-order valence-electron chi connectivity index (χ4n) is 3.22. The first-order valence-electron chi connectivity index (χ1n) is 7.34. The molecule has 1 atom stereocenters. The van der Waals surface area contributed by atoms with E-state index in [1.807, 2.05) is 13.0 Å². The summed E-state index contributed by atoms with van der Waals surface area (Å²) in [4.78, 5) is 0.167. The SMILES string of the molecule is CC(NCC1C(C)(C)C1(C)C)c1cccc(S(N)(=O)=O)c1. The van der Waals surface area contributed by atoms with Gasteiger partial charge in [-0.15, -0.1) is 0 Å². The van der Waals surface area contributed by atoms with Crippen LogP contribution in [0.5, 0.6) is 0 Å². The summed E-state index contributed by atoms with van der Waals surface area (Å²) in [5, 5.41) is 8.70. The third kappa shape index (κ3) is 3.00. The van der Waals surface area contributed by atoms with Crippen molar-refractivity contribution < 1.29 is 8.42 Å². The maximum atomic E-state index is 11.4. The molecule has 1 aliphatic rings. The smallest absolute Gasteiger partial charge is 0.238 e. The lowest BCUT2D eigenvalue weighted by atomic mass is 10.0. The van der Waals surface area contributed by atoms with E-state index >= 15 is 0 Å². The number of nitrogens with one attached hydrogen (secondary N) is 1. The van der Waals surface area contributed by atoms with Crippen molar-refractivity contribution in [3.63, 3.8) is 0 Å². The van der Waals surface area contributed by atoms with Gasteiger partial charge in [-0.25, -0.2) is 13.6 Å². The number of primary sulfonamides is 1. The molecule has 0 amide bonds. The third-order valence-corrected chi connectivity index (χ3v) is 6.55. The first-order valence-corrected chi connectivity index (χ1v) is 8.88. The molecule has 0 saturated heterocycles. The molecule has 1 unspecified atom stereocenters. The zero-order valence-corrected chi connectivity index (χ0v) is 14.3. The Labute approximate surface area is 128 Å². The highest BCUT2D eigenvalue weighted by molar-refractivity contribution is 7.89. The molecule has 118 valence electrons. The van der Waals surface area contributed by atoms with Crippen LogP contribution in [0.1, 0.15) is 46.2 Å². The Morgan fingerprint density at radius 2 is 1.81 bits per heavy atom. The van der Waals surface area contributed by atoms with E-state index in [2.05, 4.69) is 33.0 Å². The van der Waals surface area contributed by atoms with Gasteiger partial charge in [-0.1, -0.05) is 39.8 Å². The van der Waals surface area contributed by atoms with E-state index in [9.17, 15) is 8.42 Å². The molecule has 4 nitrogen and oxygen atoms in total. The zero-order chi connectivity index (χ0) is 16.1. The van der Waals surface area contributed by atoms with E-state index in [4.69, 9.17) is 5.14 Å². The number of sulfonamides is 1. The van der Waals surface area contributed by atoms with Crippen molar-refractivity contribution in [3.8, 4) is 0 Å². The molecule has 21 heavy (non-hydrogen) atoms. The summed E-state index contributed by atoms with van der Waals surface area (Å²) in [5.74, 6) is 0.633. The average molecular weight is 310 g/mol. The highest BCUT2D eigenvalue weighted by Crippen LogP contribution is 2.68. The third-order valence-electron chi connectivity index (χ3n) is 5.63. The Morgan fingerprint density at radius 1 is 1.24 bits per heavy atom. The van der Waals surface area contributed by atoms with Crippen LogP contribution in [0.25, 0.3) is 0 Å². The quantitative estimate of drug-likeness (QED) is 0.878. The Morgan fingerprint density at radius 3 is 2.29 bits per heavy atom. The van der Waals surface area contributed by atoms with Gasteiger partial charge >= 0.3 is 0 Å². The molecule has 1 saturated carbocycles. The van der Waals surface area contributed by atoms with E-state index in [1.165, 1.54) is 6.07 Å². The Kier molecular flexibility index (Phi) is 3.98. The summed E-state index contributed by atoms with van der Waals surface area (Å²) < 4.78 is 22.8. The van der Waals surface area contributed by atoms with Gasteiger partial charge < -0.3 is 5.32 Å². The fourth-order valence-corrected chi connectivity index (χ4v) is 3.79. The number of hydrogen-bond donors (Lipinski definition) is 2. The maximum Gasteiger partial charge on any atom is 0.238 e. The number of nitrogens with two attached hydrogens (primary N) is 1. The van der Waals surface area contributed by atoms with Gasteiger partial charge in [0.05, 0.1) is 4.90 Å². The molecule has 0 bridgehead atoms. The second-order valence-electron chi connectivity index (χ2n) is 7.24. The monoisotopic (exact) mass is 310 g/mol. The van der Waals surface area contributed by atoms with Crippen molar-refractivity contribution in [1.82, 2.24) is 5.32 Å². The van der Waals surface area contributed by atoms with Crippen LogP contribution in [0.15, 0.2) is 29.2 Å². The van der Waals surface area contributed by atoms with Crippen LogP contribution in [0.2, 0.25) is 0 Å². The summed E-state index contributed by atoms with van der Waals surface area (Å²) in [6, 6.07) is 6.93. The number of hydrogen-bond acceptors (Lipinski definition) is 3. The summed E-state index contributed by atoms with van der Waals surface area (Å²) in [6.07, 6.45) is 0. The minimum atomic E-state index is -3.64. The summed E-state index contributed by atoms with van der Waals surface area (Å²) in [7, 11) is -3.64. The van der Waals surface area contributed by atoms with Crippen LogP contribution in [-0.4, -0.2) is 15.0 Å². The molecule has 2 rings (SSSR count). The van der Waals surface area contributed by atoms with Crippen LogP contribution in [-0.2, 0) is 10.0 Å². The van der Waals surface area contributed by atoms with Crippen molar-refractivity contribution in [2.45, 2.75) is 45.6 Å². The molecule has 0 heterocycles. The van der Waals surface area contributed by atoms with Crippen LogP contribution in [0, 0.1) is 16.7 Å². The number of benzene rings is 1. The van der Waals surface area contributed by atoms with Crippen LogP contribution in [0.4, 0.5) is 0 Å². The molecular weight excluding hydrogens is 284 g/mol. The zero-order valence-electron chi connectivity index (χ0n) is 13.5. The second-order valence-corrected chi connectivity index (χ2v) is 8.80. The molecule has 5 heteroatoms. The minimum absolute atomic E-state index is 0.0962. The molecule has 1 fully saturated rings. The van der Waals surface area contributed by atoms with Crippen molar-refractivity contribution in [3.05, 3.63) is 29.8 Å². The Hall–Kier alpha value is -0.910. The molecule has 1 aliphatic carbocycles. The Bertz CT molecular complexity index is 621. The molecule has 0 aromatic heterocycles. The van der Waals surface area contributed by atoms with Gasteiger partial charge in [0.1, 0.15) is 0 Å². The summed E-state index contributed by atoms with van der Waals surface area (Å²) in [6.45, 7) is 12.2. The minimum Gasteiger partial charge on any atom is -0.310 e. The van der Waals surface area contributed by atoms with Gasteiger partial charge in [0.25, 0.3) is 0 Å². The van der Waals surface area contributed by atoms with Gasteiger partial charge in [-0.3, -0.25) is 0 Å². The average Bonchev–Trinajstić information content (AvgIpc) is 2.76.